The first-order valence-electron chi connectivity index (χ1n) is 12.7. The number of nitrogens with one attached hydrogen (secondary N) is 1. The Bertz CT molecular complexity index is 1490. The number of carbonyl (C=O) groups excluding carboxylic acids is 2. The summed E-state index contributed by atoms with van der Waals surface area (Å²) in [7, 11) is -2.58. The van der Waals surface area contributed by atoms with Crippen molar-refractivity contribution in [3.05, 3.63) is 59.4 Å². The van der Waals surface area contributed by atoms with Crippen LogP contribution in [-0.4, -0.2) is 72.5 Å². The van der Waals surface area contributed by atoms with Crippen LogP contribution < -0.4 is 5.32 Å². The molecule has 10 nitrogen and oxygen atoms in total. The number of hydrogen-bond donors (Lipinski definition) is 1. The summed E-state index contributed by atoms with van der Waals surface area (Å²) in [4.78, 5) is 25.8. The number of benzene rings is 1. The molecule has 40 heavy (non-hydrogen) atoms. The fourth-order valence-corrected chi connectivity index (χ4v) is 6.32. The lowest BCUT2D eigenvalue weighted by molar-refractivity contribution is -0.141. The molecule has 1 fully saturated rings. The van der Waals surface area contributed by atoms with Crippen LogP contribution in [-0.2, 0) is 20.9 Å². The van der Waals surface area contributed by atoms with Crippen LogP contribution in [0.3, 0.4) is 0 Å². The number of hydrogen-bond acceptors (Lipinski definition) is 6. The Morgan fingerprint density at radius 1 is 1.10 bits per heavy atom. The maximum absolute atomic E-state index is 13.8. The van der Waals surface area contributed by atoms with Crippen molar-refractivity contribution >= 4 is 33.2 Å². The van der Waals surface area contributed by atoms with Gasteiger partial charge in [0, 0.05) is 38.1 Å². The first-order chi connectivity index (χ1) is 18.9. The van der Waals surface area contributed by atoms with Gasteiger partial charge in [-0.3, -0.25) is 10.1 Å². The highest BCUT2D eigenvalue weighted by molar-refractivity contribution is 7.89. The second kappa shape index (κ2) is 11.5. The molecule has 14 heteroatoms. The van der Waals surface area contributed by atoms with E-state index >= 15 is 0 Å². The number of halogens is 3. The number of methoxy groups -OCH3 is 1. The molecule has 2 amide bonds. The molecule has 4 rings (SSSR count). The lowest BCUT2D eigenvalue weighted by atomic mass is 9.90. The summed E-state index contributed by atoms with van der Waals surface area (Å²) in [6.45, 7) is 4.31. The van der Waals surface area contributed by atoms with E-state index in [0.29, 0.717) is 24.1 Å². The number of amides is 2. The molecule has 0 spiro atoms. The first-order valence-corrected chi connectivity index (χ1v) is 14.2. The fourth-order valence-electron chi connectivity index (χ4n) is 4.85. The second-order valence-electron chi connectivity index (χ2n) is 9.31. The van der Waals surface area contributed by atoms with Crippen molar-refractivity contribution in [2.45, 2.75) is 43.7 Å². The lowest BCUT2D eigenvalue weighted by Crippen LogP contribution is -2.37. The number of fused-ring (bicyclic) bond motifs is 1. The number of ether oxygens (including phenoxy) is 1. The quantitative estimate of drug-likeness (QED) is 0.437. The van der Waals surface area contributed by atoms with Crippen molar-refractivity contribution < 1.29 is 35.9 Å². The van der Waals surface area contributed by atoms with Crippen molar-refractivity contribution in [2.24, 2.45) is 0 Å². The zero-order chi connectivity index (χ0) is 29.2. The van der Waals surface area contributed by atoms with Crippen LogP contribution in [0.5, 0.6) is 0 Å². The number of rotatable bonds is 7. The van der Waals surface area contributed by atoms with Gasteiger partial charge in [0.1, 0.15) is 0 Å². The molecule has 1 aliphatic heterocycles. The molecule has 0 bridgehead atoms. The average Bonchev–Trinajstić information content (AvgIpc) is 3.33. The highest BCUT2D eigenvalue weighted by atomic mass is 32.2. The maximum atomic E-state index is 13.8. The molecule has 3 heterocycles. The van der Waals surface area contributed by atoms with Crippen LogP contribution in [0.1, 0.15) is 54.2 Å². The number of alkyl halides is 3. The summed E-state index contributed by atoms with van der Waals surface area (Å²) in [5.41, 5.74) is -0.548. The van der Waals surface area contributed by atoms with E-state index in [1.54, 1.807) is 26.0 Å². The van der Waals surface area contributed by atoms with Gasteiger partial charge in [-0.15, -0.1) is 0 Å². The molecule has 1 aliphatic rings. The Hall–Kier alpha value is -3.65. The van der Waals surface area contributed by atoms with Gasteiger partial charge in [-0.1, -0.05) is 0 Å². The third-order valence-electron chi connectivity index (χ3n) is 7.04. The summed E-state index contributed by atoms with van der Waals surface area (Å²) < 4.78 is 74.8. The second-order valence-corrected chi connectivity index (χ2v) is 11.2. The van der Waals surface area contributed by atoms with Crippen molar-refractivity contribution in [1.82, 2.24) is 18.8 Å². The Balaban J connectivity index is 1.55. The highest BCUT2D eigenvalue weighted by Crippen LogP contribution is 2.36. The van der Waals surface area contributed by atoms with E-state index in [1.165, 1.54) is 46.8 Å². The number of piperidine rings is 1. The predicted octanol–water partition coefficient (Wildman–Crippen LogP) is 4.58. The summed E-state index contributed by atoms with van der Waals surface area (Å²) in [6.07, 6.45) is -3.19. The molecule has 1 N–H and O–H groups in total. The third-order valence-corrected chi connectivity index (χ3v) is 8.95. The number of nitrogens with zero attached hydrogens (tertiary/aromatic N) is 4. The Morgan fingerprint density at radius 2 is 1.73 bits per heavy atom. The van der Waals surface area contributed by atoms with E-state index in [0.717, 1.165) is 4.52 Å². The van der Waals surface area contributed by atoms with Crippen molar-refractivity contribution in [2.75, 3.05) is 38.6 Å². The SMILES string of the molecule is CCN(CC)C(=O)c1c(C(F)(F)F)nn2ccc(C3CCN(S(=O)(=O)c4ccc(NC(=O)OC)cc4)CC3)cc12. The Kier molecular flexibility index (Phi) is 8.40. The fraction of sp³-hybridized carbons (Fsp3) is 0.423. The molecule has 1 aromatic carbocycles. The van der Waals surface area contributed by atoms with E-state index in [9.17, 15) is 31.2 Å². The van der Waals surface area contributed by atoms with Gasteiger partial charge in [0.2, 0.25) is 10.0 Å². The van der Waals surface area contributed by atoms with E-state index in [2.05, 4.69) is 15.2 Å². The molecule has 1 saturated heterocycles. The van der Waals surface area contributed by atoms with Gasteiger partial charge in [0.25, 0.3) is 5.91 Å². The van der Waals surface area contributed by atoms with Crippen LogP contribution in [0, 0.1) is 0 Å². The van der Waals surface area contributed by atoms with E-state index in [-0.39, 0.29) is 42.5 Å². The molecule has 0 unspecified atom stereocenters. The van der Waals surface area contributed by atoms with E-state index < -0.39 is 39.5 Å². The minimum Gasteiger partial charge on any atom is -0.453 e. The minimum atomic E-state index is -4.81. The smallest absolute Gasteiger partial charge is 0.436 e. The van der Waals surface area contributed by atoms with Crippen LogP contribution in [0.2, 0.25) is 0 Å². The molecule has 3 aromatic rings. The highest BCUT2D eigenvalue weighted by Gasteiger charge is 2.41. The van der Waals surface area contributed by atoms with Crippen LogP contribution in [0.15, 0.2) is 47.5 Å². The molecular weight excluding hydrogens is 551 g/mol. The third kappa shape index (κ3) is 5.77. The lowest BCUT2D eigenvalue weighted by Gasteiger charge is -2.31. The van der Waals surface area contributed by atoms with Crippen LogP contribution in [0.4, 0.5) is 23.7 Å². The number of pyridine rings is 1. The molecule has 0 saturated carbocycles. The standard InChI is InChI=1S/C26H30F3N5O5S/c1-4-32(5-2)24(35)22-21-16-18(12-15-34(21)31-23(22)26(27,28)29)17-10-13-33(14-11-17)40(37,38)20-8-6-19(7-9-20)30-25(36)39-3/h6-9,12,15-17H,4-5,10-11,13-14H2,1-3H3,(H,30,36). The minimum absolute atomic E-state index is 0.0671. The Morgan fingerprint density at radius 3 is 2.27 bits per heavy atom. The van der Waals surface area contributed by atoms with Gasteiger partial charge in [-0.25, -0.2) is 17.7 Å². The molecule has 216 valence electrons. The molecule has 0 aliphatic carbocycles. The van der Waals surface area contributed by atoms with Crippen molar-refractivity contribution in [1.29, 1.82) is 0 Å². The van der Waals surface area contributed by atoms with Gasteiger partial charge < -0.3 is 9.64 Å². The Labute approximate surface area is 229 Å². The monoisotopic (exact) mass is 581 g/mol. The summed E-state index contributed by atoms with van der Waals surface area (Å²) >= 11 is 0. The van der Waals surface area contributed by atoms with Gasteiger partial charge in [0.15, 0.2) is 5.69 Å². The van der Waals surface area contributed by atoms with Crippen LogP contribution >= 0.6 is 0 Å². The topological polar surface area (TPSA) is 113 Å². The molecule has 2 aromatic heterocycles. The first kappa shape index (κ1) is 29.3. The summed E-state index contributed by atoms with van der Waals surface area (Å²) in [6, 6.07) is 8.93. The summed E-state index contributed by atoms with van der Waals surface area (Å²) in [5.74, 6) is -0.859. The maximum Gasteiger partial charge on any atom is 0.436 e. The zero-order valence-corrected chi connectivity index (χ0v) is 23.1. The van der Waals surface area contributed by atoms with E-state index in [1.807, 2.05) is 0 Å². The summed E-state index contributed by atoms with van der Waals surface area (Å²) in [5, 5.41) is 6.13. The zero-order valence-electron chi connectivity index (χ0n) is 22.2. The van der Waals surface area contributed by atoms with Gasteiger partial charge in [0.05, 0.1) is 23.1 Å². The van der Waals surface area contributed by atoms with Crippen molar-refractivity contribution in [3.63, 3.8) is 0 Å². The average molecular weight is 582 g/mol. The number of sulfonamides is 1. The van der Waals surface area contributed by atoms with E-state index in [4.69, 9.17) is 0 Å². The van der Waals surface area contributed by atoms with Gasteiger partial charge in [-0.2, -0.15) is 22.6 Å². The number of anilines is 1. The van der Waals surface area contributed by atoms with Crippen molar-refractivity contribution in [3.8, 4) is 0 Å². The largest absolute Gasteiger partial charge is 0.453 e. The number of aromatic nitrogens is 2. The van der Waals surface area contributed by atoms with Crippen LogP contribution in [0.25, 0.3) is 5.52 Å². The normalized spacial score (nSPS) is 15.2. The van der Waals surface area contributed by atoms with Gasteiger partial charge >= 0.3 is 12.3 Å². The molecule has 0 atom stereocenters. The molecular formula is C26H30F3N5O5S. The predicted molar refractivity (Wildman–Crippen MR) is 141 cm³/mol. The number of carbonyl (C=O) groups is 2. The van der Waals surface area contributed by atoms with Gasteiger partial charge in [-0.05, 0) is 74.6 Å². The molecule has 0 radical (unpaired) electrons.